The minimum atomic E-state index is -0.194. The Morgan fingerprint density at radius 2 is 1.79 bits per heavy atom. The summed E-state index contributed by atoms with van der Waals surface area (Å²) in [7, 11) is 0. The van der Waals surface area contributed by atoms with Gasteiger partial charge >= 0.3 is 0 Å². The third-order valence-corrected chi connectivity index (χ3v) is 6.66. The van der Waals surface area contributed by atoms with E-state index in [4.69, 9.17) is 14.6 Å². The largest absolute Gasteiger partial charge is 0.344 e. The molecule has 0 aliphatic carbocycles. The fourth-order valence-corrected chi connectivity index (χ4v) is 4.99. The number of imidazole rings is 1. The molecule has 2 aromatic carbocycles. The Morgan fingerprint density at radius 1 is 1.06 bits per heavy atom. The Kier molecular flexibility index (Phi) is 6.10. The van der Waals surface area contributed by atoms with Gasteiger partial charge in [0, 0.05) is 24.8 Å². The van der Waals surface area contributed by atoms with Gasteiger partial charge in [-0.1, -0.05) is 81.4 Å². The quantitative estimate of drug-likeness (QED) is 0.619. The van der Waals surface area contributed by atoms with Crippen LogP contribution >= 0.6 is 0 Å². The lowest BCUT2D eigenvalue weighted by atomic mass is 9.85. The standard InChI is InChI=1S/C27H34N4O2/c1-26(2,3)24(31-19-27(32-20-33-31)14-15-28-18-27)25-29-23(22-12-8-5-9-13-22)17-30(25)16-21-10-6-4-7-11-21/h4-13,17,24,28H,14-16,18-20H2,1-3H3/t24-,27+/m0/s1. The third-order valence-electron chi connectivity index (χ3n) is 6.66. The number of ether oxygens (including phenoxy) is 1. The molecule has 0 unspecified atom stereocenters. The summed E-state index contributed by atoms with van der Waals surface area (Å²) in [5.41, 5.74) is 3.07. The van der Waals surface area contributed by atoms with Crippen molar-refractivity contribution in [3.63, 3.8) is 0 Å². The van der Waals surface area contributed by atoms with Crippen molar-refractivity contribution < 1.29 is 9.57 Å². The third kappa shape index (κ3) is 4.75. The molecular formula is C27H34N4O2. The highest BCUT2D eigenvalue weighted by molar-refractivity contribution is 5.58. The summed E-state index contributed by atoms with van der Waals surface area (Å²) in [6.45, 7) is 10.4. The van der Waals surface area contributed by atoms with E-state index in [-0.39, 0.29) is 23.9 Å². The van der Waals surface area contributed by atoms with Gasteiger partial charge in [0.2, 0.25) is 0 Å². The molecule has 1 spiro atoms. The van der Waals surface area contributed by atoms with Gasteiger partial charge in [0.15, 0.2) is 6.79 Å². The van der Waals surface area contributed by atoms with Gasteiger partial charge in [0.05, 0.1) is 23.9 Å². The molecule has 0 radical (unpaired) electrons. The summed E-state index contributed by atoms with van der Waals surface area (Å²) in [6, 6.07) is 21.0. The Balaban J connectivity index is 1.56. The summed E-state index contributed by atoms with van der Waals surface area (Å²) in [5, 5.41) is 5.60. The molecule has 5 rings (SSSR count). The average Bonchev–Trinajstić information content (AvgIpc) is 3.42. The first-order valence-corrected chi connectivity index (χ1v) is 11.8. The Labute approximate surface area is 196 Å². The number of benzene rings is 2. The monoisotopic (exact) mass is 446 g/mol. The van der Waals surface area contributed by atoms with E-state index in [2.05, 4.69) is 96.5 Å². The van der Waals surface area contributed by atoms with Crippen LogP contribution < -0.4 is 5.32 Å². The Morgan fingerprint density at radius 3 is 2.45 bits per heavy atom. The zero-order valence-electron chi connectivity index (χ0n) is 19.8. The number of aromatic nitrogens is 2. The molecule has 2 aliphatic heterocycles. The molecule has 2 saturated heterocycles. The van der Waals surface area contributed by atoms with Crippen molar-refractivity contribution in [1.29, 1.82) is 0 Å². The van der Waals surface area contributed by atoms with Crippen LogP contribution in [0.15, 0.2) is 66.9 Å². The van der Waals surface area contributed by atoms with E-state index < -0.39 is 0 Å². The zero-order valence-corrected chi connectivity index (χ0v) is 19.8. The van der Waals surface area contributed by atoms with Crippen molar-refractivity contribution in [2.24, 2.45) is 5.41 Å². The molecule has 1 N–H and O–H groups in total. The molecule has 6 nitrogen and oxygen atoms in total. The molecule has 2 atom stereocenters. The number of rotatable bonds is 5. The van der Waals surface area contributed by atoms with E-state index in [0.717, 1.165) is 49.7 Å². The summed E-state index contributed by atoms with van der Waals surface area (Å²) in [4.78, 5) is 11.4. The molecular weight excluding hydrogens is 412 g/mol. The fraction of sp³-hybridized carbons (Fsp3) is 0.444. The molecule has 174 valence electrons. The highest BCUT2D eigenvalue weighted by atomic mass is 16.8. The topological polar surface area (TPSA) is 51.6 Å². The van der Waals surface area contributed by atoms with E-state index in [1.807, 2.05) is 6.07 Å². The molecule has 2 aliphatic rings. The number of hydrogen-bond acceptors (Lipinski definition) is 5. The predicted octanol–water partition coefficient (Wildman–Crippen LogP) is 4.64. The molecule has 0 saturated carbocycles. The maximum absolute atomic E-state index is 6.16. The van der Waals surface area contributed by atoms with E-state index in [0.29, 0.717) is 0 Å². The zero-order chi connectivity index (χ0) is 22.9. The van der Waals surface area contributed by atoms with Gasteiger partial charge in [0.25, 0.3) is 0 Å². The van der Waals surface area contributed by atoms with Crippen LogP contribution in [0.3, 0.4) is 0 Å². The Hall–Kier alpha value is -2.51. The number of nitrogens with one attached hydrogen (secondary N) is 1. The van der Waals surface area contributed by atoms with Crippen LogP contribution in [0.5, 0.6) is 0 Å². The minimum absolute atomic E-state index is 0.0277. The van der Waals surface area contributed by atoms with Crippen LogP contribution in [-0.4, -0.2) is 46.6 Å². The van der Waals surface area contributed by atoms with Crippen LogP contribution in [0.25, 0.3) is 11.3 Å². The molecule has 33 heavy (non-hydrogen) atoms. The fourth-order valence-electron chi connectivity index (χ4n) is 4.99. The molecule has 0 amide bonds. The maximum atomic E-state index is 6.16. The van der Waals surface area contributed by atoms with Crippen molar-refractivity contribution >= 4 is 0 Å². The van der Waals surface area contributed by atoms with Crippen LogP contribution in [0.1, 0.15) is 44.6 Å². The first kappa shape index (κ1) is 22.3. The maximum Gasteiger partial charge on any atom is 0.168 e. The van der Waals surface area contributed by atoms with Crippen molar-refractivity contribution in [2.75, 3.05) is 26.4 Å². The van der Waals surface area contributed by atoms with Gasteiger partial charge in [0.1, 0.15) is 5.82 Å². The number of nitrogens with zero attached hydrogens (tertiary/aromatic N) is 3. The molecule has 6 heteroatoms. The molecule has 1 aromatic heterocycles. The second-order valence-electron chi connectivity index (χ2n) is 10.3. The number of hydrogen-bond donors (Lipinski definition) is 1. The molecule has 2 fully saturated rings. The van der Waals surface area contributed by atoms with Gasteiger partial charge in [-0.05, 0) is 23.9 Å². The second kappa shape index (κ2) is 9.03. The van der Waals surface area contributed by atoms with E-state index in [1.165, 1.54) is 5.56 Å². The van der Waals surface area contributed by atoms with Gasteiger partial charge in [-0.3, -0.25) is 4.84 Å². The SMILES string of the molecule is CC(C)(C)[C@H](c1nc(-c2ccccc2)cn1Cc1ccccc1)N1C[C@]2(CCNC2)OCO1. The van der Waals surface area contributed by atoms with E-state index in [9.17, 15) is 0 Å². The summed E-state index contributed by atoms with van der Waals surface area (Å²) in [5.74, 6) is 1.02. The highest BCUT2D eigenvalue weighted by Crippen LogP contribution is 2.41. The van der Waals surface area contributed by atoms with Crippen molar-refractivity contribution in [1.82, 2.24) is 19.9 Å². The first-order valence-electron chi connectivity index (χ1n) is 11.8. The lowest BCUT2D eigenvalue weighted by Crippen LogP contribution is -2.54. The van der Waals surface area contributed by atoms with Crippen LogP contribution in [-0.2, 0) is 16.1 Å². The van der Waals surface area contributed by atoms with Crippen molar-refractivity contribution in [3.05, 3.63) is 78.2 Å². The highest BCUT2D eigenvalue weighted by Gasteiger charge is 2.46. The molecule has 3 heterocycles. The summed E-state index contributed by atoms with van der Waals surface area (Å²) < 4.78 is 8.40. The lowest BCUT2D eigenvalue weighted by Gasteiger charge is -2.46. The van der Waals surface area contributed by atoms with E-state index >= 15 is 0 Å². The van der Waals surface area contributed by atoms with Crippen LogP contribution in [0.4, 0.5) is 0 Å². The summed E-state index contributed by atoms with van der Waals surface area (Å²) in [6.07, 6.45) is 3.18. The van der Waals surface area contributed by atoms with Crippen molar-refractivity contribution in [2.45, 2.75) is 45.4 Å². The normalized spacial score (nSPS) is 22.6. The van der Waals surface area contributed by atoms with Gasteiger partial charge in [-0.25, -0.2) is 4.98 Å². The Bertz CT molecular complexity index is 1050. The van der Waals surface area contributed by atoms with Crippen LogP contribution in [0.2, 0.25) is 0 Å². The molecule has 3 aromatic rings. The lowest BCUT2D eigenvalue weighted by molar-refractivity contribution is -0.339. The number of hydroxylamine groups is 2. The first-order chi connectivity index (χ1) is 15.9. The van der Waals surface area contributed by atoms with Gasteiger partial charge < -0.3 is 14.6 Å². The second-order valence-corrected chi connectivity index (χ2v) is 10.3. The van der Waals surface area contributed by atoms with Crippen LogP contribution in [0, 0.1) is 5.41 Å². The van der Waals surface area contributed by atoms with E-state index in [1.54, 1.807) is 0 Å². The van der Waals surface area contributed by atoms with Gasteiger partial charge in [-0.2, -0.15) is 5.06 Å². The average molecular weight is 447 g/mol. The molecule has 0 bridgehead atoms. The smallest absolute Gasteiger partial charge is 0.168 e. The van der Waals surface area contributed by atoms with Crippen molar-refractivity contribution in [3.8, 4) is 11.3 Å². The summed E-state index contributed by atoms with van der Waals surface area (Å²) >= 11 is 0. The minimum Gasteiger partial charge on any atom is -0.344 e. The predicted molar refractivity (Wildman–Crippen MR) is 129 cm³/mol. The van der Waals surface area contributed by atoms with Gasteiger partial charge in [-0.15, -0.1) is 0 Å².